The first-order valence-corrected chi connectivity index (χ1v) is 7.67. The van der Waals surface area contributed by atoms with Gasteiger partial charge >= 0.3 is 0 Å². The van der Waals surface area contributed by atoms with E-state index >= 15 is 0 Å². The molecule has 0 aromatic rings. The largest absolute Gasteiger partial charge is 0.383 e. The third-order valence-electron chi connectivity index (χ3n) is 3.13. The van der Waals surface area contributed by atoms with Crippen LogP contribution in [0.2, 0.25) is 0 Å². The van der Waals surface area contributed by atoms with Crippen molar-refractivity contribution >= 4 is 11.8 Å². The minimum atomic E-state index is 0.822. The number of nitrogens with zero attached hydrogens (tertiary/aromatic N) is 1. The van der Waals surface area contributed by atoms with Crippen LogP contribution in [-0.2, 0) is 4.74 Å². The highest BCUT2D eigenvalue weighted by atomic mass is 32.2. The number of piperidine rings is 1. The summed E-state index contributed by atoms with van der Waals surface area (Å²) in [6.45, 7) is 6.80. The first kappa shape index (κ1) is 14.3. The second kappa shape index (κ2) is 9.28. The van der Waals surface area contributed by atoms with Crippen LogP contribution in [0.3, 0.4) is 0 Å². The van der Waals surface area contributed by atoms with Crippen molar-refractivity contribution in [2.45, 2.75) is 12.8 Å². The van der Waals surface area contributed by atoms with Crippen molar-refractivity contribution in [1.29, 1.82) is 0 Å². The van der Waals surface area contributed by atoms with E-state index in [0.29, 0.717) is 0 Å². The summed E-state index contributed by atoms with van der Waals surface area (Å²) >= 11 is 1.95. The molecule has 1 unspecified atom stereocenters. The first-order chi connectivity index (χ1) is 7.86. The van der Waals surface area contributed by atoms with Gasteiger partial charge in [0.25, 0.3) is 0 Å². The molecular weight excluding hydrogens is 220 g/mol. The fraction of sp³-hybridized carbons (Fsp3) is 1.00. The fourth-order valence-corrected chi connectivity index (χ4v) is 2.66. The third kappa shape index (κ3) is 6.09. The standard InChI is InChI=1S/C12H26N2OS/c1-15-8-5-13-10-12-4-3-6-14(11-12)7-9-16-2/h12-13H,3-11H2,1-2H3. The van der Waals surface area contributed by atoms with Crippen LogP contribution < -0.4 is 5.32 Å². The van der Waals surface area contributed by atoms with Crippen molar-refractivity contribution in [3.63, 3.8) is 0 Å². The minimum Gasteiger partial charge on any atom is -0.383 e. The Morgan fingerprint density at radius 3 is 3.12 bits per heavy atom. The number of hydrogen-bond acceptors (Lipinski definition) is 4. The van der Waals surface area contributed by atoms with Crippen LogP contribution in [0.4, 0.5) is 0 Å². The van der Waals surface area contributed by atoms with Crippen LogP contribution in [0.25, 0.3) is 0 Å². The van der Waals surface area contributed by atoms with Crippen LogP contribution >= 0.6 is 11.8 Å². The van der Waals surface area contributed by atoms with E-state index in [0.717, 1.165) is 25.6 Å². The summed E-state index contributed by atoms with van der Waals surface area (Å²) in [5.41, 5.74) is 0. The van der Waals surface area contributed by atoms with E-state index < -0.39 is 0 Å². The molecule has 0 saturated carbocycles. The zero-order valence-corrected chi connectivity index (χ0v) is 11.5. The molecule has 3 nitrogen and oxygen atoms in total. The maximum Gasteiger partial charge on any atom is 0.0587 e. The molecule has 0 aliphatic carbocycles. The topological polar surface area (TPSA) is 24.5 Å². The summed E-state index contributed by atoms with van der Waals surface area (Å²) < 4.78 is 5.03. The van der Waals surface area contributed by atoms with E-state index in [1.165, 1.54) is 38.2 Å². The quantitative estimate of drug-likeness (QED) is 0.653. The van der Waals surface area contributed by atoms with Gasteiger partial charge in [0.05, 0.1) is 6.61 Å². The fourth-order valence-electron chi connectivity index (χ4n) is 2.22. The molecule has 0 aromatic heterocycles. The van der Waals surface area contributed by atoms with Gasteiger partial charge in [-0.3, -0.25) is 0 Å². The average molecular weight is 246 g/mol. The number of ether oxygens (including phenoxy) is 1. The van der Waals surface area contributed by atoms with Gasteiger partial charge in [-0.25, -0.2) is 0 Å². The van der Waals surface area contributed by atoms with E-state index in [-0.39, 0.29) is 0 Å². The van der Waals surface area contributed by atoms with Crippen molar-refractivity contribution in [2.75, 3.05) is 58.4 Å². The number of thioether (sulfide) groups is 1. The predicted octanol–water partition coefficient (Wildman–Crippen LogP) is 1.30. The molecular formula is C12H26N2OS. The molecule has 1 aliphatic rings. The van der Waals surface area contributed by atoms with Crippen LogP contribution in [0, 0.1) is 5.92 Å². The molecule has 0 radical (unpaired) electrons. The number of hydrogen-bond donors (Lipinski definition) is 1. The average Bonchev–Trinajstić information content (AvgIpc) is 2.33. The van der Waals surface area contributed by atoms with E-state index in [9.17, 15) is 0 Å². The lowest BCUT2D eigenvalue weighted by molar-refractivity contribution is 0.171. The SMILES string of the molecule is COCCNCC1CCCN(CCSC)C1. The van der Waals surface area contributed by atoms with Gasteiger partial charge in [-0.2, -0.15) is 11.8 Å². The lowest BCUT2D eigenvalue weighted by atomic mass is 9.98. The monoisotopic (exact) mass is 246 g/mol. The minimum absolute atomic E-state index is 0.822. The van der Waals surface area contributed by atoms with Gasteiger partial charge in [0.1, 0.15) is 0 Å². The van der Waals surface area contributed by atoms with Crippen LogP contribution in [-0.4, -0.2) is 63.3 Å². The molecule has 1 rings (SSSR count). The van der Waals surface area contributed by atoms with Crippen molar-refractivity contribution in [3.05, 3.63) is 0 Å². The summed E-state index contributed by atoms with van der Waals surface area (Å²) in [6, 6.07) is 0. The van der Waals surface area contributed by atoms with Crippen LogP contribution in [0.1, 0.15) is 12.8 Å². The zero-order chi connectivity index (χ0) is 11.6. The van der Waals surface area contributed by atoms with Gasteiger partial charge in [-0.1, -0.05) is 0 Å². The lowest BCUT2D eigenvalue weighted by Gasteiger charge is -2.32. The molecule has 1 N–H and O–H groups in total. The maximum atomic E-state index is 5.03. The molecule has 0 spiro atoms. The summed E-state index contributed by atoms with van der Waals surface area (Å²) in [5, 5.41) is 3.48. The van der Waals surface area contributed by atoms with Crippen molar-refractivity contribution in [3.8, 4) is 0 Å². The normalized spacial score (nSPS) is 22.5. The smallest absolute Gasteiger partial charge is 0.0587 e. The highest BCUT2D eigenvalue weighted by Crippen LogP contribution is 2.15. The van der Waals surface area contributed by atoms with Gasteiger partial charge in [-0.15, -0.1) is 0 Å². The Morgan fingerprint density at radius 2 is 2.38 bits per heavy atom. The third-order valence-corrected chi connectivity index (χ3v) is 3.72. The number of rotatable bonds is 8. The highest BCUT2D eigenvalue weighted by molar-refractivity contribution is 7.98. The predicted molar refractivity (Wildman–Crippen MR) is 72.3 cm³/mol. The number of likely N-dealkylation sites (tertiary alicyclic amines) is 1. The molecule has 1 saturated heterocycles. The molecule has 16 heavy (non-hydrogen) atoms. The Balaban J connectivity index is 2.07. The summed E-state index contributed by atoms with van der Waals surface area (Å²) in [6.07, 6.45) is 4.94. The van der Waals surface area contributed by atoms with E-state index in [1.54, 1.807) is 7.11 Å². The Bertz CT molecular complexity index is 169. The Hall–Kier alpha value is 0.230. The first-order valence-electron chi connectivity index (χ1n) is 6.27. The molecule has 1 fully saturated rings. The Labute approximate surface area is 104 Å². The van der Waals surface area contributed by atoms with Gasteiger partial charge in [-0.05, 0) is 38.1 Å². The van der Waals surface area contributed by atoms with Crippen LogP contribution in [0.15, 0.2) is 0 Å². The summed E-state index contributed by atoms with van der Waals surface area (Å²) in [7, 11) is 1.76. The molecule has 1 heterocycles. The van der Waals surface area contributed by atoms with Gasteiger partial charge < -0.3 is 15.0 Å². The lowest BCUT2D eigenvalue weighted by Crippen LogP contribution is -2.41. The second-order valence-electron chi connectivity index (χ2n) is 4.50. The van der Waals surface area contributed by atoms with Crippen molar-refractivity contribution < 1.29 is 4.74 Å². The molecule has 1 atom stereocenters. The molecule has 0 bridgehead atoms. The zero-order valence-electron chi connectivity index (χ0n) is 10.7. The van der Waals surface area contributed by atoms with Crippen molar-refractivity contribution in [2.24, 2.45) is 5.92 Å². The van der Waals surface area contributed by atoms with E-state index in [2.05, 4.69) is 16.5 Å². The summed E-state index contributed by atoms with van der Waals surface area (Å²) in [5.74, 6) is 2.11. The van der Waals surface area contributed by atoms with Gasteiger partial charge in [0.15, 0.2) is 0 Å². The summed E-state index contributed by atoms with van der Waals surface area (Å²) in [4.78, 5) is 2.61. The van der Waals surface area contributed by atoms with E-state index in [1.807, 2.05) is 11.8 Å². The van der Waals surface area contributed by atoms with Gasteiger partial charge in [0, 0.05) is 32.5 Å². The highest BCUT2D eigenvalue weighted by Gasteiger charge is 2.18. The number of nitrogens with one attached hydrogen (secondary N) is 1. The van der Waals surface area contributed by atoms with Gasteiger partial charge in [0.2, 0.25) is 0 Å². The second-order valence-corrected chi connectivity index (χ2v) is 5.48. The number of methoxy groups -OCH3 is 1. The molecule has 4 heteroatoms. The molecule has 0 amide bonds. The Morgan fingerprint density at radius 1 is 1.50 bits per heavy atom. The Kier molecular flexibility index (Phi) is 8.29. The molecule has 0 aromatic carbocycles. The van der Waals surface area contributed by atoms with E-state index in [4.69, 9.17) is 4.74 Å². The molecule has 96 valence electrons. The van der Waals surface area contributed by atoms with Crippen LogP contribution in [0.5, 0.6) is 0 Å². The van der Waals surface area contributed by atoms with Crippen molar-refractivity contribution in [1.82, 2.24) is 10.2 Å². The maximum absolute atomic E-state index is 5.03. The molecule has 1 aliphatic heterocycles.